The fraction of sp³-hybridized carbons (Fsp3) is 0.462. The van der Waals surface area contributed by atoms with Crippen molar-refractivity contribution in [3.63, 3.8) is 0 Å². The molecule has 1 saturated heterocycles. The van der Waals surface area contributed by atoms with E-state index in [0.717, 1.165) is 0 Å². The van der Waals surface area contributed by atoms with E-state index in [9.17, 15) is 26.4 Å². The molecule has 1 saturated carbocycles. The predicted octanol–water partition coefficient (Wildman–Crippen LogP) is 3.66. The standard InChI is InChI=1S/C26H30O12S2/c27-23(33-17-21-7-3-1-4-8-21)39(29,30)37-19-25(11-13-26(14-12-25)35-15-16-36-26)20-38-40(31,32)24(28)34-18-22-9-5-2-6-10-22/h1-10H,11-20H2. The Kier molecular flexibility index (Phi) is 9.59. The average Bonchev–Trinajstić information content (AvgIpc) is 3.43. The van der Waals surface area contributed by atoms with Gasteiger partial charge in [0.15, 0.2) is 5.79 Å². The third kappa shape index (κ3) is 7.86. The first-order valence-corrected chi connectivity index (χ1v) is 15.3. The Morgan fingerprint density at radius 3 is 1.45 bits per heavy atom. The first-order chi connectivity index (χ1) is 19.0. The Balaban J connectivity index is 1.39. The van der Waals surface area contributed by atoms with Crippen LogP contribution in [0.1, 0.15) is 36.8 Å². The summed E-state index contributed by atoms with van der Waals surface area (Å²) in [5.41, 5.74) is -0.0519. The Bertz CT molecular complexity index is 1270. The van der Waals surface area contributed by atoms with Gasteiger partial charge in [-0.2, -0.15) is 16.8 Å². The molecule has 1 aliphatic carbocycles. The van der Waals surface area contributed by atoms with E-state index in [2.05, 4.69) is 0 Å². The van der Waals surface area contributed by atoms with Gasteiger partial charge in [0, 0.05) is 18.3 Å². The molecular formula is C26H30O12S2. The molecule has 0 atom stereocenters. The zero-order valence-electron chi connectivity index (χ0n) is 21.6. The van der Waals surface area contributed by atoms with E-state index in [1.54, 1.807) is 60.7 Å². The number of rotatable bonds is 10. The summed E-state index contributed by atoms with van der Waals surface area (Å²) in [6.45, 7) is -0.971. The lowest BCUT2D eigenvalue weighted by molar-refractivity contribution is -0.196. The van der Waals surface area contributed by atoms with Crippen LogP contribution in [0.15, 0.2) is 60.7 Å². The maximum Gasteiger partial charge on any atom is 0.452 e. The normalized spacial score (nSPS) is 18.3. The second-order valence-electron chi connectivity index (χ2n) is 9.59. The molecule has 1 spiro atoms. The second kappa shape index (κ2) is 12.7. The molecule has 14 heteroatoms. The fourth-order valence-corrected chi connectivity index (χ4v) is 5.77. The molecule has 4 rings (SSSR count). The van der Waals surface area contributed by atoms with Crippen LogP contribution >= 0.6 is 0 Å². The minimum atomic E-state index is -4.83. The molecule has 1 heterocycles. The largest absolute Gasteiger partial charge is 0.452 e. The summed E-state index contributed by atoms with van der Waals surface area (Å²) >= 11 is 0. The molecule has 2 aromatic carbocycles. The smallest absolute Gasteiger partial charge is 0.448 e. The van der Waals surface area contributed by atoms with E-state index in [1.807, 2.05) is 0 Å². The van der Waals surface area contributed by atoms with Crippen molar-refractivity contribution in [2.24, 2.45) is 5.41 Å². The van der Waals surface area contributed by atoms with Crippen molar-refractivity contribution in [3.8, 4) is 0 Å². The highest BCUT2D eigenvalue weighted by Crippen LogP contribution is 2.45. The van der Waals surface area contributed by atoms with Gasteiger partial charge in [-0.3, -0.25) is 8.37 Å². The second-order valence-corrected chi connectivity index (χ2v) is 12.5. The van der Waals surface area contributed by atoms with E-state index in [4.69, 9.17) is 27.3 Å². The van der Waals surface area contributed by atoms with Crippen molar-refractivity contribution < 1.29 is 53.7 Å². The quantitative estimate of drug-likeness (QED) is 0.289. The van der Waals surface area contributed by atoms with Crippen LogP contribution in [0, 0.1) is 5.41 Å². The Labute approximate surface area is 232 Å². The third-order valence-corrected chi connectivity index (χ3v) is 8.64. The molecule has 0 amide bonds. The van der Waals surface area contributed by atoms with Crippen LogP contribution in [-0.2, 0) is 60.8 Å². The minimum absolute atomic E-state index is 0.163. The van der Waals surface area contributed by atoms with Crippen LogP contribution in [0.5, 0.6) is 0 Å². The van der Waals surface area contributed by atoms with E-state index >= 15 is 0 Å². The van der Waals surface area contributed by atoms with Gasteiger partial charge in [0.1, 0.15) is 13.2 Å². The van der Waals surface area contributed by atoms with E-state index in [-0.39, 0.29) is 38.9 Å². The average molecular weight is 599 g/mol. The highest BCUT2D eigenvalue weighted by molar-refractivity contribution is 8.01. The van der Waals surface area contributed by atoms with Crippen LogP contribution in [0.3, 0.4) is 0 Å². The lowest BCUT2D eigenvalue weighted by Gasteiger charge is -2.42. The van der Waals surface area contributed by atoms with Gasteiger partial charge in [-0.1, -0.05) is 60.7 Å². The topological polar surface area (TPSA) is 158 Å². The van der Waals surface area contributed by atoms with Crippen LogP contribution < -0.4 is 0 Å². The monoisotopic (exact) mass is 598 g/mol. The fourth-order valence-electron chi connectivity index (χ4n) is 4.36. The van der Waals surface area contributed by atoms with Crippen molar-refractivity contribution in [1.82, 2.24) is 0 Å². The SMILES string of the molecule is O=C(OCc1ccccc1)S(=O)(=O)OCC1(COS(=O)(=O)C(=O)OCc2ccccc2)CCC2(CC1)OCCO2. The Morgan fingerprint density at radius 1 is 0.650 bits per heavy atom. The molecule has 218 valence electrons. The molecule has 2 aromatic rings. The summed E-state index contributed by atoms with van der Waals surface area (Å²) in [6, 6.07) is 17.0. The maximum absolute atomic E-state index is 12.5. The molecule has 0 aromatic heterocycles. The van der Waals surface area contributed by atoms with Gasteiger partial charge in [-0.15, -0.1) is 0 Å². The van der Waals surface area contributed by atoms with Crippen molar-refractivity contribution in [2.45, 2.75) is 44.7 Å². The zero-order valence-corrected chi connectivity index (χ0v) is 23.2. The molecule has 0 bridgehead atoms. The molecule has 12 nitrogen and oxygen atoms in total. The molecule has 2 aliphatic rings. The third-order valence-electron chi connectivity index (χ3n) is 6.73. The van der Waals surface area contributed by atoms with Crippen LogP contribution in [0.4, 0.5) is 9.59 Å². The van der Waals surface area contributed by atoms with Crippen molar-refractivity contribution >= 4 is 30.8 Å². The van der Waals surface area contributed by atoms with Crippen LogP contribution in [0.25, 0.3) is 0 Å². The van der Waals surface area contributed by atoms with Crippen LogP contribution in [0.2, 0.25) is 0 Å². The highest BCUT2D eigenvalue weighted by atomic mass is 32.2. The van der Waals surface area contributed by atoms with Crippen LogP contribution in [-0.4, -0.2) is 59.7 Å². The van der Waals surface area contributed by atoms with Gasteiger partial charge < -0.3 is 18.9 Å². The van der Waals surface area contributed by atoms with Gasteiger partial charge in [-0.25, -0.2) is 9.59 Å². The van der Waals surface area contributed by atoms with E-state index in [1.165, 1.54) is 0 Å². The number of hydrogen-bond donors (Lipinski definition) is 0. The molecule has 40 heavy (non-hydrogen) atoms. The molecule has 2 fully saturated rings. The molecule has 0 unspecified atom stereocenters. The summed E-state index contributed by atoms with van der Waals surface area (Å²) in [7, 11) is -9.65. The number of carbonyl (C=O) groups is 2. The van der Waals surface area contributed by atoms with Crippen molar-refractivity contribution in [3.05, 3.63) is 71.8 Å². The Hall–Kier alpha value is -2.88. The summed E-state index contributed by atoms with van der Waals surface area (Å²) in [5, 5.41) is -3.17. The zero-order chi connectivity index (χ0) is 28.7. The molecule has 0 N–H and O–H groups in total. The van der Waals surface area contributed by atoms with E-state index in [0.29, 0.717) is 24.3 Å². The molecule has 1 aliphatic heterocycles. The van der Waals surface area contributed by atoms with Crippen molar-refractivity contribution in [1.29, 1.82) is 0 Å². The van der Waals surface area contributed by atoms with E-state index < -0.39 is 55.3 Å². The summed E-state index contributed by atoms with van der Waals surface area (Å²) < 4.78 is 81.3. The van der Waals surface area contributed by atoms with Gasteiger partial charge in [0.2, 0.25) is 0 Å². The number of ether oxygens (including phenoxy) is 4. The summed E-state index contributed by atoms with van der Waals surface area (Å²) in [6.07, 6.45) is 0.903. The minimum Gasteiger partial charge on any atom is -0.448 e. The Morgan fingerprint density at radius 2 is 1.05 bits per heavy atom. The summed E-state index contributed by atoms with van der Waals surface area (Å²) in [5.74, 6) is -0.871. The lowest BCUT2D eigenvalue weighted by Crippen LogP contribution is -2.45. The number of hydrogen-bond acceptors (Lipinski definition) is 12. The van der Waals surface area contributed by atoms with Gasteiger partial charge >= 0.3 is 30.8 Å². The van der Waals surface area contributed by atoms with Gasteiger partial charge in [0.05, 0.1) is 26.4 Å². The molecule has 0 radical (unpaired) electrons. The number of carbonyl (C=O) groups excluding carboxylic acids is 2. The number of benzene rings is 2. The van der Waals surface area contributed by atoms with Crippen molar-refractivity contribution in [2.75, 3.05) is 26.4 Å². The highest BCUT2D eigenvalue weighted by Gasteiger charge is 2.48. The summed E-state index contributed by atoms with van der Waals surface area (Å²) in [4.78, 5) is 24.5. The first kappa shape index (κ1) is 30.1. The first-order valence-electron chi connectivity index (χ1n) is 12.5. The van der Waals surface area contributed by atoms with Gasteiger partial charge in [0.25, 0.3) is 0 Å². The molecular weight excluding hydrogens is 568 g/mol. The lowest BCUT2D eigenvalue weighted by atomic mass is 9.73. The van der Waals surface area contributed by atoms with Gasteiger partial charge in [-0.05, 0) is 24.0 Å². The maximum atomic E-state index is 12.5. The predicted molar refractivity (Wildman–Crippen MR) is 139 cm³/mol.